The van der Waals surface area contributed by atoms with Gasteiger partial charge in [-0.2, -0.15) is 5.26 Å². The van der Waals surface area contributed by atoms with Gasteiger partial charge in [-0.1, -0.05) is 6.07 Å². The number of carboxylic acids is 1. The van der Waals surface area contributed by atoms with E-state index in [2.05, 4.69) is 5.32 Å². The molecule has 1 saturated carbocycles. The summed E-state index contributed by atoms with van der Waals surface area (Å²) in [6.07, 6.45) is -1.10. The summed E-state index contributed by atoms with van der Waals surface area (Å²) in [5.74, 6) is -3.76. The molecule has 1 aliphatic carbocycles. The number of aliphatic carboxylic acids is 1. The van der Waals surface area contributed by atoms with E-state index in [1.54, 1.807) is 58.6 Å². The van der Waals surface area contributed by atoms with E-state index < -0.39 is 66.2 Å². The second-order valence-corrected chi connectivity index (χ2v) is 15.8. The number of hydrogen-bond donors (Lipinski definition) is 2. The van der Waals surface area contributed by atoms with Crippen molar-refractivity contribution in [3.63, 3.8) is 0 Å². The molecule has 5 rings (SSSR count). The summed E-state index contributed by atoms with van der Waals surface area (Å²) < 4.78 is 16.6. The smallest absolute Gasteiger partial charge is 0.420 e. The quantitative estimate of drug-likeness (QED) is 0.317. The zero-order valence-corrected chi connectivity index (χ0v) is 31.5. The van der Waals surface area contributed by atoms with Crippen LogP contribution in [0.4, 0.5) is 26.7 Å². The Morgan fingerprint density at radius 2 is 1.67 bits per heavy atom. The molecule has 0 bridgehead atoms. The molecule has 3 aliphatic rings. The van der Waals surface area contributed by atoms with Crippen molar-refractivity contribution >= 4 is 52.9 Å². The Hall–Kier alpha value is -5.49. The molecule has 2 aromatic carbocycles. The average molecular weight is 746 g/mol. The summed E-state index contributed by atoms with van der Waals surface area (Å²) in [7, 11) is 0. The number of carboxylic acid groups (broad SMARTS) is 1. The van der Waals surface area contributed by atoms with Gasteiger partial charge in [-0.05, 0) is 108 Å². The van der Waals surface area contributed by atoms with Crippen LogP contribution in [0.2, 0.25) is 0 Å². The number of imide groups is 1. The lowest BCUT2D eigenvalue weighted by Gasteiger charge is -2.36. The van der Waals surface area contributed by atoms with Crippen molar-refractivity contribution in [3.8, 4) is 6.07 Å². The minimum atomic E-state index is -1.47. The first-order chi connectivity index (χ1) is 25.3. The molecule has 15 nitrogen and oxygen atoms in total. The maximum absolute atomic E-state index is 14.0. The lowest BCUT2D eigenvalue weighted by molar-refractivity contribution is -0.149. The fourth-order valence-electron chi connectivity index (χ4n) is 6.28. The van der Waals surface area contributed by atoms with Crippen molar-refractivity contribution in [2.45, 2.75) is 97.5 Å². The summed E-state index contributed by atoms with van der Waals surface area (Å²) in [5.41, 5.74) is 0.667. The zero-order chi connectivity index (χ0) is 39.5. The highest BCUT2D eigenvalue weighted by Crippen LogP contribution is 2.38. The fraction of sp³-hybridized carbons (Fsp3) is 0.513. The number of carbonyl (C=O) groups excluding carboxylic acids is 5. The van der Waals surface area contributed by atoms with Crippen LogP contribution in [-0.2, 0) is 46.4 Å². The molecule has 2 heterocycles. The van der Waals surface area contributed by atoms with Gasteiger partial charge >= 0.3 is 18.2 Å². The third kappa shape index (κ3) is 9.93. The number of nitrogens with one attached hydrogen (secondary N) is 1. The van der Waals surface area contributed by atoms with Crippen LogP contribution in [-0.4, -0.2) is 82.9 Å². The standard InChI is InChI=1S/C39H47N5O10/c1-38(2,3)53-36(50)44(37(51)54-39(4,5)6)22-26-17-27(12-9-25(26)20-40)41-34(48)29(19-32(46)47)33-35(49)42(15-16-52-33)28-13-10-24-11-14-31(45)43(30(24)18-28)21-23-7-8-23/h9-10,12-13,17-18,23,29,33H,7-8,11,14-16,19,21-22H2,1-6H3,(H,41,48)(H,46,47)/t29-,33-/m1/s1. The van der Waals surface area contributed by atoms with E-state index in [-0.39, 0.29) is 35.9 Å². The first kappa shape index (κ1) is 39.7. The molecule has 2 N–H and O–H groups in total. The molecule has 2 atom stereocenters. The van der Waals surface area contributed by atoms with E-state index >= 15 is 0 Å². The Kier molecular flexibility index (Phi) is 11.7. The van der Waals surface area contributed by atoms with Crippen LogP contribution in [0.1, 0.15) is 83.9 Å². The maximum Gasteiger partial charge on any atom is 0.420 e. The monoisotopic (exact) mass is 745 g/mol. The largest absolute Gasteiger partial charge is 0.481 e. The van der Waals surface area contributed by atoms with Crippen LogP contribution >= 0.6 is 0 Å². The molecule has 1 saturated heterocycles. The van der Waals surface area contributed by atoms with Crippen LogP contribution in [0, 0.1) is 23.2 Å². The molecule has 0 spiro atoms. The van der Waals surface area contributed by atoms with E-state index in [4.69, 9.17) is 14.2 Å². The topological polar surface area (TPSA) is 196 Å². The fourth-order valence-corrected chi connectivity index (χ4v) is 6.28. The highest BCUT2D eigenvalue weighted by atomic mass is 16.6. The summed E-state index contributed by atoms with van der Waals surface area (Å²) in [5, 5.41) is 22.3. The molecule has 0 aromatic heterocycles. The number of morpholine rings is 1. The number of fused-ring (bicyclic) bond motifs is 1. The molecule has 5 amide bonds. The maximum atomic E-state index is 14.0. The number of anilines is 3. The van der Waals surface area contributed by atoms with Crippen LogP contribution in [0.5, 0.6) is 0 Å². The number of carbonyl (C=O) groups is 6. The predicted molar refractivity (Wildman–Crippen MR) is 195 cm³/mol. The molecule has 2 fully saturated rings. The molecule has 2 aromatic rings. The van der Waals surface area contributed by atoms with Crippen molar-refractivity contribution in [1.29, 1.82) is 5.26 Å². The second-order valence-electron chi connectivity index (χ2n) is 15.8. The van der Waals surface area contributed by atoms with Crippen LogP contribution in [0.15, 0.2) is 36.4 Å². The third-order valence-electron chi connectivity index (χ3n) is 8.99. The summed E-state index contributed by atoms with van der Waals surface area (Å²) in [4.78, 5) is 83.0. The van der Waals surface area contributed by atoms with Gasteiger partial charge in [0.05, 0.1) is 37.1 Å². The number of nitrogens with zero attached hydrogens (tertiary/aromatic N) is 4. The Bertz CT molecular complexity index is 1840. The van der Waals surface area contributed by atoms with Crippen LogP contribution in [0.3, 0.4) is 0 Å². The number of hydrogen-bond acceptors (Lipinski definition) is 10. The van der Waals surface area contributed by atoms with Crippen molar-refractivity contribution in [3.05, 3.63) is 53.1 Å². The molecule has 15 heteroatoms. The van der Waals surface area contributed by atoms with Gasteiger partial charge in [0, 0.05) is 36.6 Å². The second kappa shape index (κ2) is 15.9. The highest BCUT2D eigenvalue weighted by Gasteiger charge is 2.42. The Balaban J connectivity index is 1.38. The molecule has 54 heavy (non-hydrogen) atoms. The van der Waals surface area contributed by atoms with E-state index in [9.17, 15) is 39.1 Å². The van der Waals surface area contributed by atoms with E-state index in [0.29, 0.717) is 35.9 Å². The number of nitriles is 1. The van der Waals surface area contributed by atoms with Gasteiger partial charge in [0.2, 0.25) is 11.8 Å². The van der Waals surface area contributed by atoms with Crippen LogP contribution in [0.25, 0.3) is 0 Å². The number of benzene rings is 2. The van der Waals surface area contributed by atoms with Gasteiger partial charge in [-0.25, -0.2) is 14.5 Å². The minimum absolute atomic E-state index is 0.0216. The van der Waals surface area contributed by atoms with Crippen molar-refractivity contribution in [2.24, 2.45) is 11.8 Å². The summed E-state index contributed by atoms with van der Waals surface area (Å²) >= 11 is 0. The first-order valence-corrected chi connectivity index (χ1v) is 18.0. The SMILES string of the molecule is CC(C)(C)OC(=O)N(Cc1cc(NC(=O)[C@H](CC(=O)O)[C@H]2OCCN(c3ccc4c(c3)N(CC3CC3)C(=O)CC4)C2=O)ccc1C#N)C(=O)OC(C)(C)C. The van der Waals surface area contributed by atoms with Gasteiger partial charge in [0.1, 0.15) is 17.3 Å². The molecule has 288 valence electrons. The summed E-state index contributed by atoms with van der Waals surface area (Å²) in [6.45, 7) is 10.1. The minimum Gasteiger partial charge on any atom is -0.481 e. The number of rotatable bonds is 10. The number of ether oxygens (including phenoxy) is 3. The van der Waals surface area contributed by atoms with E-state index in [0.717, 1.165) is 24.1 Å². The van der Waals surface area contributed by atoms with Gasteiger partial charge in [0.15, 0.2) is 0 Å². The average Bonchev–Trinajstić information content (AvgIpc) is 3.90. The van der Waals surface area contributed by atoms with Crippen molar-refractivity contribution in [1.82, 2.24) is 4.90 Å². The Morgan fingerprint density at radius 3 is 2.26 bits per heavy atom. The molecule has 2 aliphatic heterocycles. The van der Waals surface area contributed by atoms with E-state index in [1.807, 2.05) is 12.1 Å². The lowest BCUT2D eigenvalue weighted by Crippen LogP contribution is -2.53. The molecule has 0 unspecified atom stereocenters. The Labute approximate surface area is 314 Å². The van der Waals surface area contributed by atoms with Gasteiger partial charge in [-0.3, -0.25) is 19.2 Å². The van der Waals surface area contributed by atoms with Crippen LogP contribution < -0.4 is 15.1 Å². The molecular weight excluding hydrogens is 698 g/mol. The van der Waals surface area contributed by atoms with Crippen molar-refractivity contribution in [2.75, 3.05) is 34.8 Å². The zero-order valence-electron chi connectivity index (χ0n) is 31.5. The van der Waals surface area contributed by atoms with Gasteiger partial charge in [-0.15, -0.1) is 0 Å². The van der Waals surface area contributed by atoms with Crippen molar-refractivity contribution < 1.29 is 48.1 Å². The molecular formula is C39H47N5O10. The molecule has 0 radical (unpaired) electrons. The lowest BCUT2D eigenvalue weighted by atomic mass is 9.94. The third-order valence-corrected chi connectivity index (χ3v) is 8.99. The van der Waals surface area contributed by atoms with Gasteiger partial charge < -0.3 is 34.4 Å². The Morgan fingerprint density at radius 1 is 1.00 bits per heavy atom. The normalized spacial score (nSPS) is 17.9. The number of amides is 5. The predicted octanol–water partition coefficient (Wildman–Crippen LogP) is 5.38. The van der Waals surface area contributed by atoms with E-state index in [1.165, 1.54) is 23.1 Å². The number of aryl methyl sites for hydroxylation is 1. The van der Waals surface area contributed by atoms with Gasteiger partial charge in [0.25, 0.3) is 5.91 Å². The highest BCUT2D eigenvalue weighted by molar-refractivity contribution is 6.05. The first-order valence-electron chi connectivity index (χ1n) is 18.0. The summed E-state index contributed by atoms with van der Waals surface area (Å²) in [6, 6.07) is 11.6.